The van der Waals surface area contributed by atoms with E-state index in [1.807, 2.05) is 40.9 Å². The van der Waals surface area contributed by atoms with Gasteiger partial charge in [0, 0.05) is 30.1 Å². The van der Waals surface area contributed by atoms with E-state index in [9.17, 15) is 4.79 Å². The maximum absolute atomic E-state index is 12.0. The lowest BCUT2D eigenvalue weighted by atomic mass is 10.1. The number of pyridine rings is 1. The van der Waals surface area contributed by atoms with E-state index in [0.29, 0.717) is 17.5 Å². The summed E-state index contributed by atoms with van der Waals surface area (Å²) in [6.07, 6.45) is 5.77. The number of fused-ring (bicyclic) bond motifs is 1. The largest absolute Gasteiger partial charge is 0.497 e. The summed E-state index contributed by atoms with van der Waals surface area (Å²) in [5.41, 5.74) is 2.67. The average molecular weight is 337 g/mol. The number of imidazole rings is 1. The monoisotopic (exact) mass is 337 g/mol. The standard InChI is InChI=1S/C19H19N3O3/c1-24-14-7-8-15(16-3-2-4-18-20-9-10-22(16)18)17(11-14)25-12-19(23)21-13-5-6-13/h2-4,7-11,13H,5-6,12H2,1H3,(H,21,23). The summed E-state index contributed by atoms with van der Waals surface area (Å²) in [5.74, 6) is 1.18. The smallest absolute Gasteiger partial charge is 0.258 e. The van der Waals surface area contributed by atoms with Crippen LogP contribution in [0.3, 0.4) is 0 Å². The average Bonchev–Trinajstić information content (AvgIpc) is 3.31. The van der Waals surface area contributed by atoms with Crippen molar-refractivity contribution in [1.29, 1.82) is 0 Å². The van der Waals surface area contributed by atoms with Crippen LogP contribution >= 0.6 is 0 Å². The lowest BCUT2D eigenvalue weighted by molar-refractivity contribution is -0.123. The van der Waals surface area contributed by atoms with Gasteiger partial charge in [-0.1, -0.05) is 6.07 Å². The maximum atomic E-state index is 12.0. The van der Waals surface area contributed by atoms with Gasteiger partial charge in [-0.2, -0.15) is 0 Å². The zero-order valence-corrected chi connectivity index (χ0v) is 13.9. The van der Waals surface area contributed by atoms with Crippen molar-refractivity contribution >= 4 is 11.6 Å². The first-order valence-corrected chi connectivity index (χ1v) is 8.27. The van der Waals surface area contributed by atoms with Gasteiger partial charge < -0.3 is 14.8 Å². The molecule has 1 aromatic carbocycles. The molecule has 1 aliphatic rings. The summed E-state index contributed by atoms with van der Waals surface area (Å²) in [5, 5.41) is 2.93. The number of carbonyl (C=O) groups is 1. The highest BCUT2D eigenvalue weighted by atomic mass is 16.5. The Hall–Kier alpha value is -3.02. The number of ether oxygens (including phenoxy) is 2. The van der Waals surface area contributed by atoms with Crippen LogP contribution in [0.2, 0.25) is 0 Å². The fourth-order valence-corrected chi connectivity index (χ4v) is 2.77. The first-order chi connectivity index (χ1) is 12.2. The third kappa shape index (κ3) is 3.28. The van der Waals surface area contributed by atoms with Gasteiger partial charge in [0.05, 0.1) is 12.8 Å². The molecular weight excluding hydrogens is 318 g/mol. The second-order valence-corrected chi connectivity index (χ2v) is 6.06. The van der Waals surface area contributed by atoms with Crippen molar-refractivity contribution in [2.45, 2.75) is 18.9 Å². The molecule has 4 rings (SSSR count). The number of hydrogen-bond acceptors (Lipinski definition) is 4. The molecule has 0 atom stereocenters. The van der Waals surface area contributed by atoms with Crippen LogP contribution in [0.25, 0.3) is 16.9 Å². The fraction of sp³-hybridized carbons (Fsp3) is 0.263. The Bertz CT molecular complexity index is 915. The van der Waals surface area contributed by atoms with Gasteiger partial charge in [0.25, 0.3) is 5.91 Å². The lowest BCUT2D eigenvalue weighted by Gasteiger charge is -2.14. The normalized spacial score (nSPS) is 13.6. The molecule has 3 aromatic rings. The molecule has 0 unspecified atom stereocenters. The van der Waals surface area contributed by atoms with Crippen LogP contribution in [-0.4, -0.2) is 35.1 Å². The molecule has 1 N–H and O–H groups in total. The third-order valence-corrected chi connectivity index (χ3v) is 4.19. The summed E-state index contributed by atoms with van der Waals surface area (Å²) in [7, 11) is 1.61. The Morgan fingerprint density at radius 2 is 2.20 bits per heavy atom. The van der Waals surface area contributed by atoms with Gasteiger partial charge in [-0.3, -0.25) is 9.20 Å². The minimum Gasteiger partial charge on any atom is -0.497 e. The number of rotatable bonds is 6. The van der Waals surface area contributed by atoms with E-state index in [1.165, 1.54) is 0 Å². The second kappa shape index (κ2) is 6.47. The predicted octanol–water partition coefficient (Wildman–Crippen LogP) is 2.67. The highest BCUT2D eigenvalue weighted by Crippen LogP contribution is 2.33. The molecule has 0 radical (unpaired) electrons. The summed E-state index contributed by atoms with van der Waals surface area (Å²) in [6.45, 7) is -0.0173. The van der Waals surface area contributed by atoms with Crippen molar-refractivity contribution in [3.05, 3.63) is 48.8 Å². The zero-order valence-electron chi connectivity index (χ0n) is 13.9. The number of methoxy groups -OCH3 is 1. The Morgan fingerprint density at radius 3 is 3.00 bits per heavy atom. The first kappa shape index (κ1) is 15.5. The molecular formula is C19H19N3O3. The fourth-order valence-electron chi connectivity index (χ4n) is 2.77. The highest BCUT2D eigenvalue weighted by Gasteiger charge is 2.23. The molecule has 1 amide bonds. The molecule has 6 heteroatoms. The molecule has 0 saturated heterocycles. The van der Waals surface area contributed by atoms with Gasteiger partial charge in [0.1, 0.15) is 17.1 Å². The minimum absolute atomic E-state index is 0.0173. The number of aromatic nitrogens is 2. The van der Waals surface area contributed by atoms with Gasteiger partial charge in [0.2, 0.25) is 0 Å². The minimum atomic E-state index is -0.0999. The van der Waals surface area contributed by atoms with Crippen molar-refractivity contribution in [2.24, 2.45) is 0 Å². The van der Waals surface area contributed by atoms with Crippen LogP contribution in [0.1, 0.15) is 12.8 Å². The van der Waals surface area contributed by atoms with E-state index in [1.54, 1.807) is 19.4 Å². The van der Waals surface area contributed by atoms with Gasteiger partial charge in [-0.05, 0) is 37.1 Å². The van der Waals surface area contributed by atoms with Crippen LogP contribution in [0.5, 0.6) is 11.5 Å². The molecule has 0 spiro atoms. The second-order valence-electron chi connectivity index (χ2n) is 6.06. The molecule has 2 aromatic heterocycles. The van der Waals surface area contributed by atoms with Crippen molar-refractivity contribution in [1.82, 2.24) is 14.7 Å². The zero-order chi connectivity index (χ0) is 17.2. The quantitative estimate of drug-likeness (QED) is 0.751. The number of benzene rings is 1. The summed E-state index contributed by atoms with van der Waals surface area (Å²) >= 11 is 0. The van der Waals surface area contributed by atoms with Crippen molar-refractivity contribution in [3.8, 4) is 22.8 Å². The van der Waals surface area contributed by atoms with Crippen LogP contribution in [0.4, 0.5) is 0 Å². The highest BCUT2D eigenvalue weighted by molar-refractivity contribution is 5.79. The van der Waals surface area contributed by atoms with Crippen LogP contribution in [-0.2, 0) is 4.79 Å². The molecule has 0 bridgehead atoms. The van der Waals surface area contributed by atoms with Crippen molar-refractivity contribution in [3.63, 3.8) is 0 Å². The molecule has 6 nitrogen and oxygen atoms in total. The maximum Gasteiger partial charge on any atom is 0.258 e. The molecule has 1 fully saturated rings. The number of carbonyl (C=O) groups excluding carboxylic acids is 1. The summed E-state index contributed by atoms with van der Waals surface area (Å²) < 4.78 is 13.1. The Labute approximate surface area is 145 Å². The van der Waals surface area contributed by atoms with Crippen LogP contribution in [0, 0.1) is 0 Å². The van der Waals surface area contributed by atoms with Gasteiger partial charge in [-0.15, -0.1) is 0 Å². The van der Waals surface area contributed by atoms with Crippen molar-refractivity contribution in [2.75, 3.05) is 13.7 Å². The lowest BCUT2D eigenvalue weighted by Crippen LogP contribution is -2.30. The third-order valence-electron chi connectivity index (χ3n) is 4.19. The molecule has 1 saturated carbocycles. The molecule has 25 heavy (non-hydrogen) atoms. The Balaban J connectivity index is 1.66. The number of nitrogens with one attached hydrogen (secondary N) is 1. The molecule has 128 valence electrons. The summed E-state index contributed by atoms with van der Waals surface area (Å²) in [4.78, 5) is 16.3. The van der Waals surface area contributed by atoms with E-state index in [-0.39, 0.29) is 12.5 Å². The Morgan fingerprint density at radius 1 is 1.32 bits per heavy atom. The van der Waals surface area contributed by atoms with E-state index >= 15 is 0 Å². The van der Waals surface area contributed by atoms with E-state index < -0.39 is 0 Å². The van der Waals surface area contributed by atoms with E-state index in [0.717, 1.165) is 29.7 Å². The number of nitrogens with zero attached hydrogens (tertiary/aromatic N) is 2. The number of amides is 1. The van der Waals surface area contributed by atoms with Crippen molar-refractivity contribution < 1.29 is 14.3 Å². The predicted molar refractivity (Wildman–Crippen MR) is 93.8 cm³/mol. The topological polar surface area (TPSA) is 64.9 Å². The first-order valence-electron chi connectivity index (χ1n) is 8.27. The van der Waals surface area contributed by atoms with Crippen LogP contribution in [0.15, 0.2) is 48.8 Å². The number of hydrogen-bond donors (Lipinski definition) is 1. The van der Waals surface area contributed by atoms with E-state index in [4.69, 9.17) is 9.47 Å². The van der Waals surface area contributed by atoms with E-state index in [2.05, 4.69) is 10.3 Å². The molecule has 1 aliphatic carbocycles. The van der Waals surface area contributed by atoms with Gasteiger partial charge >= 0.3 is 0 Å². The Kier molecular flexibility index (Phi) is 4.01. The van der Waals surface area contributed by atoms with Gasteiger partial charge in [-0.25, -0.2) is 4.98 Å². The molecule has 2 heterocycles. The molecule has 0 aliphatic heterocycles. The van der Waals surface area contributed by atoms with Gasteiger partial charge in [0.15, 0.2) is 6.61 Å². The van der Waals surface area contributed by atoms with Crippen LogP contribution < -0.4 is 14.8 Å². The SMILES string of the molecule is COc1ccc(-c2cccc3nccn23)c(OCC(=O)NC2CC2)c1. The summed E-state index contributed by atoms with van der Waals surface area (Å²) in [6, 6.07) is 11.8.